The van der Waals surface area contributed by atoms with Crippen molar-refractivity contribution in [3.05, 3.63) is 16.6 Å². The van der Waals surface area contributed by atoms with Gasteiger partial charge in [-0.05, 0) is 43.6 Å². The van der Waals surface area contributed by atoms with Gasteiger partial charge in [0.25, 0.3) is 0 Å². The third-order valence-electron chi connectivity index (χ3n) is 5.78. The lowest BCUT2D eigenvalue weighted by Crippen LogP contribution is -2.51. The Morgan fingerprint density at radius 3 is 2.81 bits per heavy atom. The molecule has 6 unspecified atom stereocenters. The molecule has 6 atom stereocenters. The summed E-state index contributed by atoms with van der Waals surface area (Å²) in [4.78, 5) is 4.52. The molecule has 21 heavy (non-hydrogen) atoms. The van der Waals surface area contributed by atoms with Crippen LogP contribution in [0.5, 0.6) is 0 Å². The van der Waals surface area contributed by atoms with Gasteiger partial charge in [-0.1, -0.05) is 12.8 Å². The van der Waals surface area contributed by atoms with Crippen LogP contribution in [0.3, 0.4) is 0 Å². The highest BCUT2D eigenvalue weighted by molar-refractivity contribution is 7.09. The van der Waals surface area contributed by atoms with Gasteiger partial charge in [0.15, 0.2) is 0 Å². The van der Waals surface area contributed by atoms with Crippen molar-refractivity contribution in [3.8, 4) is 0 Å². The number of fused-ring (bicyclic) bond motifs is 1. The van der Waals surface area contributed by atoms with Gasteiger partial charge >= 0.3 is 0 Å². The van der Waals surface area contributed by atoms with Crippen LogP contribution in [0.2, 0.25) is 0 Å². The van der Waals surface area contributed by atoms with Gasteiger partial charge in [0.1, 0.15) is 6.17 Å². The van der Waals surface area contributed by atoms with Gasteiger partial charge in [0.05, 0.1) is 11.2 Å². The number of aromatic nitrogens is 1. The van der Waals surface area contributed by atoms with Crippen LogP contribution in [-0.4, -0.2) is 30.4 Å². The number of halogens is 1. The summed E-state index contributed by atoms with van der Waals surface area (Å²) in [6.45, 7) is 1.98. The Labute approximate surface area is 129 Å². The number of thiazole rings is 1. The Balaban J connectivity index is 1.48. The van der Waals surface area contributed by atoms with Crippen molar-refractivity contribution in [2.24, 2.45) is 17.8 Å². The normalized spacial score (nSPS) is 43.7. The molecule has 5 heteroatoms. The fourth-order valence-electron chi connectivity index (χ4n) is 4.68. The molecular weight excluding hydrogens is 285 g/mol. The van der Waals surface area contributed by atoms with Crippen molar-refractivity contribution in [1.29, 1.82) is 0 Å². The van der Waals surface area contributed by atoms with Crippen molar-refractivity contribution in [2.45, 2.75) is 50.4 Å². The third-order valence-corrected chi connectivity index (χ3v) is 6.69. The molecule has 3 aliphatic rings. The van der Waals surface area contributed by atoms with Crippen molar-refractivity contribution in [3.63, 3.8) is 0 Å². The summed E-state index contributed by atoms with van der Waals surface area (Å²) in [6.07, 6.45) is 7.03. The maximum absolute atomic E-state index is 14.3. The fraction of sp³-hybridized carbons (Fsp3) is 0.812. The van der Waals surface area contributed by atoms with Gasteiger partial charge in [-0.2, -0.15) is 0 Å². The molecule has 3 nitrogen and oxygen atoms in total. The lowest BCUT2D eigenvalue weighted by atomic mass is 9.71. The molecule has 0 radical (unpaired) electrons. The molecule has 0 amide bonds. The van der Waals surface area contributed by atoms with E-state index in [1.807, 2.05) is 6.20 Å². The largest absolute Gasteiger partial charge is 0.301 e. The van der Waals surface area contributed by atoms with Crippen LogP contribution in [0.25, 0.3) is 0 Å². The molecule has 3 fully saturated rings. The topological polar surface area (TPSA) is 37.0 Å². The van der Waals surface area contributed by atoms with E-state index in [2.05, 4.69) is 21.0 Å². The van der Waals surface area contributed by atoms with Crippen LogP contribution in [-0.2, 0) is 0 Å². The van der Waals surface area contributed by atoms with E-state index >= 15 is 0 Å². The second kappa shape index (κ2) is 5.94. The van der Waals surface area contributed by atoms with E-state index in [0.29, 0.717) is 23.9 Å². The van der Waals surface area contributed by atoms with Gasteiger partial charge in [-0.15, -0.1) is 11.3 Å². The average Bonchev–Trinajstić information content (AvgIpc) is 3.16. The Hall–Kier alpha value is -0.520. The molecule has 116 valence electrons. The van der Waals surface area contributed by atoms with Crippen molar-refractivity contribution in [1.82, 2.24) is 15.6 Å². The van der Waals surface area contributed by atoms with Gasteiger partial charge in [0, 0.05) is 24.0 Å². The zero-order chi connectivity index (χ0) is 14.2. The molecule has 2 saturated heterocycles. The lowest BCUT2D eigenvalue weighted by Gasteiger charge is -2.41. The zero-order valence-corrected chi connectivity index (χ0v) is 13.1. The molecule has 1 saturated carbocycles. The van der Waals surface area contributed by atoms with Gasteiger partial charge in [-0.3, -0.25) is 0 Å². The number of nitrogens with one attached hydrogen (secondary N) is 2. The molecule has 1 aromatic rings. The molecule has 3 heterocycles. The molecule has 1 aliphatic carbocycles. The summed E-state index contributed by atoms with van der Waals surface area (Å²) in [5.41, 5.74) is 0. The number of rotatable bonds is 2. The van der Waals surface area contributed by atoms with Crippen molar-refractivity contribution >= 4 is 11.3 Å². The standard InChI is InChI=1S/C16H24FN3S/c17-14-4-2-1-3-11(14)10-7-12-13(16-18-5-6-21-16)9-20-15(12)19-8-10/h5-6,10-15,19-20H,1-4,7-9H2. The monoisotopic (exact) mass is 309 g/mol. The molecular formula is C16H24FN3S. The van der Waals surface area contributed by atoms with E-state index in [4.69, 9.17) is 0 Å². The summed E-state index contributed by atoms with van der Waals surface area (Å²) in [6, 6.07) is 0. The number of nitrogens with zero attached hydrogens (tertiary/aromatic N) is 1. The van der Waals surface area contributed by atoms with Crippen LogP contribution < -0.4 is 10.6 Å². The van der Waals surface area contributed by atoms with E-state index < -0.39 is 6.17 Å². The Morgan fingerprint density at radius 1 is 1.14 bits per heavy atom. The van der Waals surface area contributed by atoms with E-state index in [0.717, 1.165) is 38.8 Å². The molecule has 4 rings (SSSR count). The van der Waals surface area contributed by atoms with Crippen LogP contribution in [0.15, 0.2) is 11.6 Å². The Bertz CT molecular complexity index is 466. The minimum Gasteiger partial charge on any atom is -0.301 e. The van der Waals surface area contributed by atoms with Crippen molar-refractivity contribution in [2.75, 3.05) is 13.1 Å². The van der Waals surface area contributed by atoms with Gasteiger partial charge < -0.3 is 10.6 Å². The van der Waals surface area contributed by atoms with Crippen LogP contribution >= 0.6 is 11.3 Å². The molecule has 1 aromatic heterocycles. The second-order valence-corrected chi connectivity index (χ2v) is 7.82. The summed E-state index contributed by atoms with van der Waals surface area (Å²) in [5.74, 6) is 1.87. The van der Waals surface area contributed by atoms with Crippen molar-refractivity contribution < 1.29 is 4.39 Å². The fourth-order valence-corrected chi connectivity index (χ4v) is 5.50. The molecule has 0 bridgehead atoms. The minimum absolute atomic E-state index is 0.282. The predicted molar refractivity (Wildman–Crippen MR) is 83.1 cm³/mol. The highest BCUT2D eigenvalue weighted by Crippen LogP contribution is 2.43. The van der Waals surface area contributed by atoms with Gasteiger partial charge in [0.2, 0.25) is 0 Å². The Morgan fingerprint density at radius 2 is 2.00 bits per heavy atom. The maximum atomic E-state index is 14.3. The summed E-state index contributed by atoms with van der Waals surface area (Å²) in [5, 5.41) is 10.5. The maximum Gasteiger partial charge on any atom is 0.103 e. The second-order valence-electron chi connectivity index (χ2n) is 6.89. The number of piperidine rings is 1. The first kappa shape index (κ1) is 14.1. The predicted octanol–water partition coefficient (Wildman–Crippen LogP) is 2.91. The van der Waals surface area contributed by atoms with E-state index in [1.54, 1.807) is 11.3 Å². The Kier molecular flexibility index (Phi) is 3.98. The molecule has 0 aromatic carbocycles. The van der Waals surface area contributed by atoms with E-state index in [-0.39, 0.29) is 5.92 Å². The third kappa shape index (κ3) is 2.64. The minimum atomic E-state index is -0.574. The zero-order valence-electron chi connectivity index (χ0n) is 12.3. The summed E-state index contributed by atoms with van der Waals surface area (Å²) >= 11 is 1.76. The number of hydrogen-bond donors (Lipinski definition) is 2. The smallest absolute Gasteiger partial charge is 0.103 e. The highest BCUT2D eigenvalue weighted by atomic mass is 32.1. The first-order valence-corrected chi connectivity index (χ1v) is 9.21. The molecule has 0 spiro atoms. The van der Waals surface area contributed by atoms with Crippen LogP contribution in [0.1, 0.15) is 43.0 Å². The van der Waals surface area contributed by atoms with Gasteiger partial charge in [-0.25, -0.2) is 9.37 Å². The number of hydrogen-bond acceptors (Lipinski definition) is 4. The van der Waals surface area contributed by atoms with Crippen LogP contribution in [0.4, 0.5) is 4.39 Å². The average molecular weight is 309 g/mol. The quantitative estimate of drug-likeness (QED) is 0.882. The molecule has 2 aliphatic heterocycles. The SMILES string of the molecule is FC1CCCCC1C1CNC2NCC(c3nccs3)C2C1. The molecule has 2 N–H and O–H groups in total. The first-order valence-electron chi connectivity index (χ1n) is 8.33. The summed E-state index contributed by atoms with van der Waals surface area (Å²) in [7, 11) is 0. The lowest BCUT2D eigenvalue weighted by molar-refractivity contribution is 0.0729. The van der Waals surface area contributed by atoms with Crippen LogP contribution in [0, 0.1) is 17.8 Å². The highest BCUT2D eigenvalue weighted by Gasteiger charge is 2.44. The summed E-state index contributed by atoms with van der Waals surface area (Å²) < 4.78 is 14.3. The number of alkyl halides is 1. The van der Waals surface area contributed by atoms with E-state index in [9.17, 15) is 4.39 Å². The van der Waals surface area contributed by atoms with E-state index in [1.165, 1.54) is 11.4 Å². The first-order chi connectivity index (χ1) is 10.3.